The van der Waals surface area contributed by atoms with Crippen LogP contribution < -0.4 is 5.56 Å². The van der Waals surface area contributed by atoms with Crippen LogP contribution in [0.5, 0.6) is 0 Å². The summed E-state index contributed by atoms with van der Waals surface area (Å²) in [6.45, 7) is -0.910. The van der Waals surface area contributed by atoms with E-state index in [-0.39, 0.29) is 16.7 Å². The van der Waals surface area contributed by atoms with Gasteiger partial charge in [0.2, 0.25) is 0 Å². The van der Waals surface area contributed by atoms with Crippen molar-refractivity contribution < 1.29 is 43.8 Å². The van der Waals surface area contributed by atoms with E-state index in [9.17, 15) is 43.5 Å². The fourth-order valence-electron chi connectivity index (χ4n) is 2.52. The molecule has 2 rings (SSSR count). The van der Waals surface area contributed by atoms with Gasteiger partial charge in [-0.3, -0.25) is 4.79 Å². The number of H-pyrrole nitrogens is 1. The second kappa shape index (κ2) is 8.51. The highest BCUT2D eigenvalue weighted by molar-refractivity contribution is 5.75. The number of nitrogens with zero attached hydrogens (tertiary/aromatic N) is 1. The van der Waals surface area contributed by atoms with Gasteiger partial charge in [0.05, 0.1) is 29.3 Å². The Balaban J connectivity index is 2.23. The second-order valence-corrected chi connectivity index (χ2v) is 6.24. The van der Waals surface area contributed by atoms with E-state index in [1.807, 2.05) is 0 Å². The minimum Gasteiger partial charge on any atom is -0.394 e. The van der Waals surface area contributed by atoms with Crippen molar-refractivity contribution in [2.24, 2.45) is 0 Å². The zero-order valence-corrected chi connectivity index (χ0v) is 14.2. The fourth-order valence-corrected chi connectivity index (χ4v) is 2.52. The molecule has 0 bridgehead atoms. The van der Waals surface area contributed by atoms with E-state index in [2.05, 4.69) is 9.97 Å². The lowest BCUT2D eigenvalue weighted by atomic mass is 9.97. The first-order valence-electron chi connectivity index (χ1n) is 8.07. The summed E-state index contributed by atoms with van der Waals surface area (Å²) in [5, 5.41) is 57.1. The Labute approximate surface area is 155 Å². The number of aromatic nitrogens is 2. The Morgan fingerprint density at radius 3 is 2.18 bits per heavy atom. The summed E-state index contributed by atoms with van der Waals surface area (Å²) in [5.41, 5.74) is -2.41. The summed E-state index contributed by atoms with van der Waals surface area (Å²) < 4.78 is 38.2. The zero-order valence-electron chi connectivity index (χ0n) is 14.2. The average molecular weight is 408 g/mol. The quantitative estimate of drug-likeness (QED) is 0.284. The summed E-state index contributed by atoms with van der Waals surface area (Å²) in [4.78, 5) is 18.1. The topological polar surface area (TPSA) is 167 Å². The van der Waals surface area contributed by atoms with Gasteiger partial charge >= 0.3 is 6.18 Å². The molecule has 9 nitrogen and oxygen atoms in total. The van der Waals surface area contributed by atoms with Crippen molar-refractivity contribution in [3.05, 3.63) is 39.8 Å². The van der Waals surface area contributed by atoms with Gasteiger partial charge in [-0.1, -0.05) is 0 Å². The number of hydrogen-bond donors (Lipinski definition) is 7. The molecule has 0 spiro atoms. The normalized spacial score (nSPS) is 17.9. The number of rotatable bonds is 7. The fraction of sp³-hybridized carbons (Fsp3) is 0.500. The van der Waals surface area contributed by atoms with Crippen molar-refractivity contribution in [3.8, 4) is 0 Å². The Hall–Kier alpha value is -2.09. The molecule has 0 aliphatic carbocycles. The summed E-state index contributed by atoms with van der Waals surface area (Å²) in [6, 6.07) is 2.49. The van der Waals surface area contributed by atoms with Crippen molar-refractivity contribution in [2.75, 3.05) is 6.61 Å². The molecular weight excluding hydrogens is 389 g/mol. The molecule has 156 valence electrons. The Kier molecular flexibility index (Phi) is 6.75. The molecule has 5 atom stereocenters. The van der Waals surface area contributed by atoms with Gasteiger partial charge in [-0.15, -0.1) is 0 Å². The first kappa shape index (κ1) is 22.2. The van der Waals surface area contributed by atoms with Crippen molar-refractivity contribution in [2.45, 2.75) is 43.1 Å². The van der Waals surface area contributed by atoms with Gasteiger partial charge in [0.1, 0.15) is 30.1 Å². The highest BCUT2D eigenvalue weighted by Gasteiger charge is 2.35. The molecule has 0 saturated carbocycles. The van der Waals surface area contributed by atoms with Crippen LogP contribution in [0.1, 0.15) is 11.3 Å². The number of aliphatic hydroxyl groups excluding tert-OH is 6. The van der Waals surface area contributed by atoms with Gasteiger partial charge in [0, 0.05) is 6.42 Å². The predicted octanol–water partition coefficient (Wildman–Crippen LogP) is -1.72. The number of hydrogen-bond acceptors (Lipinski definition) is 8. The summed E-state index contributed by atoms with van der Waals surface area (Å²) in [5.74, 6) is 0. The van der Waals surface area contributed by atoms with Crippen LogP contribution in [0, 0.1) is 0 Å². The van der Waals surface area contributed by atoms with Crippen LogP contribution in [-0.4, -0.2) is 77.7 Å². The van der Waals surface area contributed by atoms with Crippen LogP contribution in [0.3, 0.4) is 0 Å². The highest BCUT2D eigenvalue weighted by Crippen LogP contribution is 2.30. The maximum atomic E-state index is 12.7. The maximum Gasteiger partial charge on any atom is 0.416 e. The van der Waals surface area contributed by atoms with Crippen molar-refractivity contribution in [1.29, 1.82) is 0 Å². The zero-order chi connectivity index (χ0) is 21.2. The lowest BCUT2D eigenvalue weighted by Gasteiger charge is -2.28. The molecule has 3 unspecified atom stereocenters. The molecule has 2 aromatic rings. The van der Waals surface area contributed by atoms with Gasteiger partial charge in [-0.25, -0.2) is 4.98 Å². The molecule has 1 aromatic carbocycles. The van der Waals surface area contributed by atoms with Gasteiger partial charge in [-0.05, 0) is 18.2 Å². The maximum absolute atomic E-state index is 12.7. The first-order valence-corrected chi connectivity index (χ1v) is 8.07. The molecule has 1 aromatic heterocycles. The van der Waals surface area contributed by atoms with Crippen molar-refractivity contribution in [1.82, 2.24) is 9.97 Å². The Bertz CT molecular complexity index is 873. The Morgan fingerprint density at radius 1 is 1.00 bits per heavy atom. The minimum atomic E-state index is -4.61. The summed E-state index contributed by atoms with van der Waals surface area (Å²) in [7, 11) is 0. The lowest BCUT2D eigenvalue weighted by Crippen LogP contribution is -2.50. The van der Waals surface area contributed by atoms with Crippen LogP contribution in [0.4, 0.5) is 13.2 Å². The number of fused-ring (bicyclic) bond motifs is 1. The molecule has 7 N–H and O–H groups in total. The summed E-state index contributed by atoms with van der Waals surface area (Å²) in [6.07, 6.45) is -14.8. The van der Waals surface area contributed by atoms with Crippen LogP contribution in [0.2, 0.25) is 0 Å². The molecule has 28 heavy (non-hydrogen) atoms. The third kappa shape index (κ3) is 4.84. The van der Waals surface area contributed by atoms with Crippen molar-refractivity contribution in [3.63, 3.8) is 0 Å². The first-order chi connectivity index (χ1) is 13.0. The molecule has 0 amide bonds. The Morgan fingerprint density at radius 2 is 1.61 bits per heavy atom. The van der Waals surface area contributed by atoms with Gasteiger partial charge in [0.25, 0.3) is 5.56 Å². The number of alkyl halides is 3. The van der Waals surface area contributed by atoms with E-state index in [4.69, 9.17) is 5.11 Å². The van der Waals surface area contributed by atoms with Crippen LogP contribution in [-0.2, 0) is 12.6 Å². The molecule has 0 aliphatic rings. The molecule has 0 aliphatic heterocycles. The lowest BCUT2D eigenvalue weighted by molar-refractivity contribution is -0.139. The molecule has 0 radical (unpaired) electrons. The van der Waals surface area contributed by atoms with E-state index in [0.717, 1.165) is 12.1 Å². The highest BCUT2D eigenvalue weighted by atomic mass is 19.4. The smallest absolute Gasteiger partial charge is 0.394 e. The monoisotopic (exact) mass is 408 g/mol. The van der Waals surface area contributed by atoms with Gasteiger partial charge in [-0.2, -0.15) is 13.2 Å². The van der Waals surface area contributed by atoms with Gasteiger partial charge in [0.15, 0.2) is 0 Å². The SMILES string of the molecule is O=c1[nH]c2cc(C(F)(F)F)ccc2nc1C[C@@H](O)C(O)C(O)C(O)[C@H](O)CO. The number of halogens is 3. The largest absolute Gasteiger partial charge is 0.416 e. The molecule has 0 fully saturated rings. The second-order valence-electron chi connectivity index (χ2n) is 6.24. The minimum absolute atomic E-state index is 0.000533. The molecule has 0 saturated heterocycles. The molecular formula is C16H19F3N2O7. The van der Waals surface area contributed by atoms with Crippen LogP contribution in [0.25, 0.3) is 11.0 Å². The predicted molar refractivity (Wildman–Crippen MR) is 88.2 cm³/mol. The number of aromatic amines is 1. The van der Waals surface area contributed by atoms with Crippen LogP contribution in [0.15, 0.2) is 23.0 Å². The standard InChI is InChI=1S/C16H19F3N2O7/c17-16(18,19)6-1-2-7-8(3-6)21-15(28)9(20-7)4-10(23)12(25)14(27)13(26)11(24)5-22/h1-3,10-14,22-27H,4-5H2,(H,21,28)/t10-,11-,12?,13?,14?/m1/s1. The van der Waals surface area contributed by atoms with E-state index in [1.165, 1.54) is 0 Å². The molecule has 12 heteroatoms. The number of benzene rings is 1. The van der Waals surface area contributed by atoms with E-state index in [0.29, 0.717) is 6.07 Å². The van der Waals surface area contributed by atoms with E-state index < -0.39 is 60.8 Å². The third-order valence-electron chi connectivity index (χ3n) is 4.17. The van der Waals surface area contributed by atoms with E-state index >= 15 is 0 Å². The van der Waals surface area contributed by atoms with Crippen LogP contribution >= 0.6 is 0 Å². The van der Waals surface area contributed by atoms with Gasteiger partial charge < -0.3 is 35.6 Å². The van der Waals surface area contributed by atoms with E-state index in [1.54, 1.807) is 0 Å². The summed E-state index contributed by atoms with van der Waals surface area (Å²) >= 11 is 0. The average Bonchev–Trinajstić information content (AvgIpc) is 2.64. The third-order valence-corrected chi connectivity index (χ3v) is 4.17. The number of nitrogens with one attached hydrogen (secondary N) is 1. The molecule has 1 heterocycles. The van der Waals surface area contributed by atoms with Crippen molar-refractivity contribution >= 4 is 11.0 Å². The number of aliphatic hydroxyl groups is 6.